The number of likely N-dealkylation sites (tertiary alicyclic amines) is 1. The van der Waals surface area contributed by atoms with E-state index in [1.54, 1.807) is 0 Å². The Balaban J connectivity index is 1.64. The Morgan fingerprint density at radius 1 is 1.36 bits per heavy atom. The average Bonchev–Trinajstić information content (AvgIpc) is 2.67. The Morgan fingerprint density at radius 3 is 3.00 bits per heavy atom. The van der Waals surface area contributed by atoms with Crippen molar-refractivity contribution < 1.29 is 0 Å². The number of rotatable bonds is 3. The van der Waals surface area contributed by atoms with Crippen LogP contribution in [0, 0.1) is 0 Å². The quantitative estimate of drug-likeness (QED) is 0.768. The van der Waals surface area contributed by atoms with Gasteiger partial charge in [0.25, 0.3) is 0 Å². The lowest BCUT2D eigenvalue weighted by Gasteiger charge is -2.31. The van der Waals surface area contributed by atoms with Gasteiger partial charge in [0.05, 0.1) is 0 Å². The fourth-order valence-corrected chi connectivity index (χ4v) is 3.65. The fraction of sp³-hybridized carbons (Fsp3) is 1.00. The largest absolute Gasteiger partial charge is 0.312 e. The Bertz CT molecular complexity index is 169. The van der Waals surface area contributed by atoms with Crippen molar-refractivity contribution >= 4 is 11.8 Å². The summed E-state index contributed by atoms with van der Waals surface area (Å²) in [5.41, 5.74) is 0. The van der Waals surface area contributed by atoms with E-state index in [1.165, 1.54) is 51.1 Å². The Hall–Kier alpha value is 0.270. The van der Waals surface area contributed by atoms with Gasteiger partial charge in [0.1, 0.15) is 0 Å². The maximum atomic E-state index is 3.73. The van der Waals surface area contributed by atoms with Crippen LogP contribution in [0.25, 0.3) is 0 Å². The minimum absolute atomic E-state index is 0.759. The first-order chi connectivity index (χ1) is 6.84. The average molecular weight is 214 g/mol. The van der Waals surface area contributed by atoms with E-state index in [-0.39, 0.29) is 0 Å². The highest BCUT2D eigenvalue weighted by Crippen LogP contribution is 2.25. The minimum Gasteiger partial charge on any atom is -0.312 e. The summed E-state index contributed by atoms with van der Waals surface area (Å²) in [6, 6.07) is 0.759. The van der Waals surface area contributed by atoms with Gasteiger partial charge in [0.2, 0.25) is 0 Å². The first kappa shape index (κ1) is 10.8. The van der Waals surface area contributed by atoms with E-state index >= 15 is 0 Å². The summed E-state index contributed by atoms with van der Waals surface area (Å²) in [5.74, 6) is 1.39. The molecule has 2 atom stereocenters. The molecule has 0 saturated carbocycles. The topological polar surface area (TPSA) is 15.3 Å². The zero-order valence-corrected chi connectivity index (χ0v) is 9.98. The van der Waals surface area contributed by atoms with E-state index in [0.717, 1.165) is 11.3 Å². The van der Waals surface area contributed by atoms with Gasteiger partial charge in [-0.3, -0.25) is 0 Å². The van der Waals surface area contributed by atoms with Crippen LogP contribution < -0.4 is 5.32 Å². The fourth-order valence-electron chi connectivity index (χ4n) is 2.44. The molecule has 2 aliphatic rings. The molecule has 0 spiro atoms. The van der Waals surface area contributed by atoms with E-state index < -0.39 is 0 Å². The van der Waals surface area contributed by atoms with Crippen LogP contribution in [-0.4, -0.2) is 48.6 Å². The Morgan fingerprint density at radius 2 is 2.29 bits per heavy atom. The normalized spacial score (nSPS) is 34.9. The van der Waals surface area contributed by atoms with Crippen LogP contribution >= 0.6 is 11.8 Å². The maximum Gasteiger partial charge on any atom is 0.0195 e. The molecule has 3 heteroatoms. The van der Waals surface area contributed by atoms with E-state index in [2.05, 4.69) is 29.0 Å². The van der Waals surface area contributed by atoms with E-state index in [4.69, 9.17) is 0 Å². The molecule has 0 radical (unpaired) electrons. The van der Waals surface area contributed by atoms with Crippen LogP contribution in [-0.2, 0) is 0 Å². The molecular weight excluding hydrogens is 192 g/mol. The van der Waals surface area contributed by atoms with E-state index in [1.807, 2.05) is 0 Å². The number of hydrogen-bond donors (Lipinski definition) is 1. The van der Waals surface area contributed by atoms with Crippen molar-refractivity contribution in [2.24, 2.45) is 0 Å². The first-order valence-electron chi connectivity index (χ1n) is 5.88. The zero-order valence-electron chi connectivity index (χ0n) is 9.17. The summed E-state index contributed by atoms with van der Waals surface area (Å²) >= 11 is 2.16. The van der Waals surface area contributed by atoms with Crippen LogP contribution in [0.4, 0.5) is 0 Å². The van der Waals surface area contributed by atoms with Crippen molar-refractivity contribution in [1.29, 1.82) is 0 Å². The van der Waals surface area contributed by atoms with Crippen molar-refractivity contribution in [3.63, 3.8) is 0 Å². The molecule has 2 rings (SSSR count). The van der Waals surface area contributed by atoms with Gasteiger partial charge in [0, 0.05) is 24.4 Å². The van der Waals surface area contributed by atoms with Gasteiger partial charge < -0.3 is 10.2 Å². The van der Waals surface area contributed by atoms with Crippen molar-refractivity contribution in [2.45, 2.75) is 37.0 Å². The smallest absolute Gasteiger partial charge is 0.0195 e. The highest BCUT2D eigenvalue weighted by atomic mass is 32.2. The Kier molecular flexibility index (Phi) is 4.14. The highest BCUT2D eigenvalue weighted by molar-refractivity contribution is 8.00. The Labute approximate surface area is 91.8 Å². The van der Waals surface area contributed by atoms with E-state index in [9.17, 15) is 0 Å². The monoisotopic (exact) mass is 214 g/mol. The van der Waals surface area contributed by atoms with Crippen molar-refractivity contribution in [3.8, 4) is 0 Å². The third-order valence-electron chi connectivity index (χ3n) is 3.28. The molecule has 0 aromatic carbocycles. The number of nitrogens with zero attached hydrogens (tertiary/aromatic N) is 1. The second-order valence-electron chi connectivity index (χ2n) is 4.64. The molecule has 82 valence electrons. The molecule has 0 aromatic heterocycles. The number of likely N-dealkylation sites (N-methyl/N-ethyl adjacent to an activating group) is 1. The van der Waals surface area contributed by atoms with Crippen LogP contribution in [0.5, 0.6) is 0 Å². The van der Waals surface area contributed by atoms with Crippen LogP contribution in [0.3, 0.4) is 0 Å². The third kappa shape index (κ3) is 3.14. The summed E-state index contributed by atoms with van der Waals surface area (Å²) < 4.78 is 0. The molecule has 2 nitrogen and oxygen atoms in total. The van der Waals surface area contributed by atoms with Gasteiger partial charge >= 0.3 is 0 Å². The molecule has 1 N–H and O–H groups in total. The van der Waals surface area contributed by atoms with Gasteiger partial charge in [-0.1, -0.05) is 0 Å². The van der Waals surface area contributed by atoms with Crippen molar-refractivity contribution in [2.75, 3.05) is 32.4 Å². The second-order valence-corrected chi connectivity index (χ2v) is 6.05. The lowest BCUT2D eigenvalue weighted by molar-refractivity contribution is 0.227. The molecule has 2 heterocycles. The molecule has 14 heavy (non-hydrogen) atoms. The van der Waals surface area contributed by atoms with Crippen LogP contribution in [0.15, 0.2) is 0 Å². The van der Waals surface area contributed by atoms with Gasteiger partial charge in [-0.05, 0) is 45.0 Å². The van der Waals surface area contributed by atoms with Gasteiger partial charge in [-0.25, -0.2) is 0 Å². The molecule has 0 bridgehead atoms. The number of hydrogen-bond acceptors (Lipinski definition) is 3. The highest BCUT2D eigenvalue weighted by Gasteiger charge is 2.20. The SMILES string of the molecule is CN1CCCC(NCC2CCCS2)C1. The molecule has 2 fully saturated rings. The summed E-state index contributed by atoms with van der Waals surface area (Å²) in [5, 5.41) is 4.64. The molecule has 0 aliphatic carbocycles. The predicted molar refractivity (Wildman–Crippen MR) is 64.0 cm³/mol. The summed E-state index contributed by atoms with van der Waals surface area (Å²) in [6.45, 7) is 3.77. The molecular formula is C11H22N2S. The molecule has 2 aliphatic heterocycles. The first-order valence-corrected chi connectivity index (χ1v) is 6.93. The third-order valence-corrected chi connectivity index (χ3v) is 4.68. The molecule has 2 unspecified atom stereocenters. The molecule has 0 amide bonds. The van der Waals surface area contributed by atoms with Gasteiger partial charge in [0.15, 0.2) is 0 Å². The number of nitrogens with one attached hydrogen (secondary N) is 1. The van der Waals surface area contributed by atoms with Crippen LogP contribution in [0.2, 0.25) is 0 Å². The van der Waals surface area contributed by atoms with Crippen molar-refractivity contribution in [3.05, 3.63) is 0 Å². The molecule has 0 aromatic rings. The van der Waals surface area contributed by atoms with Gasteiger partial charge in [-0.15, -0.1) is 0 Å². The zero-order chi connectivity index (χ0) is 9.80. The summed E-state index contributed by atoms with van der Waals surface area (Å²) in [7, 11) is 2.23. The number of thioether (sulfide) groups is 1. The maximum absolute atomic E-state index is 3.73. The van der Waals surface area contributed by atoms with Crippen molar-refractivity contribution in [1.82, 2.24) is 10.2 Å². The summed E-state index contributed by atoms with van der Waals surface area (Å²) in [4.78, 5) is 2.45. The molecule has 2 saturated heterocycles. The van der Waals surface area contributed by atoms with E-state index in [0.29, 0.717) is 0 Å². The lowest BCUT2D eigenvalue weighted by Crippen LogP contribution is -2.45. The van der Waals surface area contributed by atoms with Crippen LogP contribution in [0.1, 0.15) is 25.7 Å². The summed E-state index contributed by atoms with van der Waals surface area (Å²) in [6.07, 6.45) is 5.61. The predicted octanol–water partition coefficient (Wildman–Crippen LogP) is 1.57. The number of piperidine rings is 1. The second kappa shape index (κ2) is 5.38. The van der Waals surface area contributed by atoms with Gasteiger partial charge in [-0.2, -0.15) is 11.8 Å². The minimum atomic E-state index is 0.759. The lowest BCUT2D eigenvalue weighted by atomic mass is 10.1. The standard InChI is InChI=1S/C11H22N2S/c1-13-6-2-4-10(9-13)12-8-11-5-3-7-14-11/h10-12H,2-9H2,1H3.